The van der Waals surface area contributed by atoms with Gasteiger partial charge in [0.2, 0.25) is 0 Å². The molecule has 2 heteroatoms. The quantitative estimate of drug-likeness (QED) is 0.626. The molecule has 1 N–H and O–H groups in total. The molecule has 2 nitrogen and oxygen atoms in total. The molecule has 0 amide bonds. The molecule has 0 aliphatic rings. The summed E-state index contributed by atoms with van der Waals surface area (Å²) in [7, 11) is 0. The van der Waals surface area contributed by atoms with Crippen LogP contribution in [0.2, 0.25) is 0 Å². The van der Waals surface area contributed by atoms with Crippen molar-refractivity contribution >= 4 is 0 Å². The second-order valence-electron chi connectivity index (χ2n) is 2.66. The zero-order valence-electron chi connectivity index (χ0n) is 9.14. The molecule has 12 heavy (non-hydrogen) atoms. The van der Waals surface area contributed by atoms with Crippen LogP contribution in [0.4, 0.5) is 0 Å². The molecule has 76 valence electrons. The topological polar surface area (TPSA) is 23.5 Å². The standard InChI is InChI=1S/C8H19NO.C2H6/c1-3-5-7-9(10)8-6-4-2;1-2/h10H,3-8H2,1-2H3;1-2H3. The second-order valence-corrected chi connectivity index (χ2v) is 2.66. The highest BCUT2D eigenvalue weighted by molar-refractivity contribution is 4.44. The fraction of sp³-hybridized carbons (Fsp3) is 1.00. The monoisotopic (exact) mass is 175 g/mol. The minimum absolute atomic E-state index is 0.830. The van der Waals surface area contributed by atoms with Crippen molar-refractivity contribution in [1.82, 2.24) is 5.06 Å². The van der Waals surface area contributed by atoms with Crippen LogP contribution in [0, 0.1) is 0 Å². The van der Waals surface area contributed by atoms with Gasteiger partial charge in [-0.25, -0.2) is 0 Å². The van der Waals surface area contributed by atoms with Crippen LogP contribution >= 0.6 is 0 Å². The molecule has 0 bridgehead atoms. The number of rotatable bonds is 6. The van der Waals surface area contributed by atoms with Crippen LogP contribution in [0.15, 0.2) is 0 Å². The summed E-state index contributed by atoms with van der Waals surface area (Å²) in [6, 6.07) is 0. The summed E-state index contributed by atoms with van der Waals surface area (Å²) in [6.45, 7) is 9.92. The molecule has 0 saturated heterocycles. The van der Waals surface area contributed by atoms with Gasteiger partial charge < -0.3 is 5.21 Å². The van der Waals surface area contributed by atoms with Crippen LogP contribution in [0.25, 0.3) is 0 Å². The maximum atomic E-state index is 9.14. The first kappa shape index (κ1) is 14.4. The molecular weight excluding hydrogens is 150 g/mol. The molecule has 0 aromatic heterocycles. The Bertz CT molecular complexity index is 58.9. The smallest absolute Gasteiger partial charge is 0.0238 e. The summed E-state index contributed by atoms with van der Waals surface area (Å²) in [5, 5.41) is 10.6. The van der Waals surface area contributed by atoms with Gasteiger partial charge in [0, 0.05) is 13.1 Å². The highest BCUT2D eigenvalue weighted by atomic mass is 16.5. The lowest BCUT2D eigenvalue weighted by Gasteiger charge is -2.12. The zero-order valence-corrected chi connectivity index (χ0v) is 9.14. The Morgan fingerprint density at radius 1 is 0.917 bits per heavy atom. The van der Waals surface area contributed by atoms with E-state index in [-0.39, 0.29) is 0 Å². The van der Waals surface area contributed by atoms with Crippen LogP contribution < -0.4 is 0 Å². The van der Waals surface area contributed by atoms with Crippen LogP contribution in [0.1, 0.15) is 53.4 Å². The summed E-state index contributed by atoms with van der Waals surface area (Å²) >= 11 is 0. The van der Waals surface area contributed by atoms with E-state index < -0.39 is 0 Å². The molecule has 0 unspecified atom stereocenters. The third-order valence-electron chi connectivity index (χ3n) is 1.54. The van der Waals surface area contributed by atoms with Crippen molar-refractivity contribution in [3.05, 3.63) is 0 Å². The van der Waals surface area contributed by atoms with E-state index >= 15 is 0 Å². The van der Waals surface area contributed by atoms with Gasteiger partial charge >= 0.3 is 0 Å². The normalized spacial score (nSPS) is 9.50. The maximum Gasteiger partial charge on any atom is 0.0238 e. The average Bonchev–Trinajstić information content (AvgIpc) is 2.14. The Morgan fingerprint density at radius 3 is 1.50 bits per heavy atom. The molecule has 0 aromatic carbocycles. The Balaban J connectivity index is 0. The molecular formula is C10H25NO. The molecule has 0 aliphatic carbocycles. The molecule has 0 heterocycles. The first-order chi connectivity index (χ1) is 5.81. The van der Waals surface area contributed by atoms with E-state index in [1.165, 1.54) is 5.06 Å². The largest absolute Gasteiger partial charge is 0.314 e. The maximum absolute atomic E-state index is 9.14. The van der Waals surface area contributed by atoms with E-state index in [0.717, 1.165) is 38.8 Å². The highest BCUT2D eigenvalue weighted by Gasteiger charge is 1.96. The first-order valence-corrected chi connectivity index (χ1v) is 5.25. The van der Waals surface area contributed by atoms with Crippen LogP contribution in [0.5, 0.6) is 0 Å². The van der Waals surface area contributed by atoms with E-state index in [0.29, 0.717) is 0 Å². The Labute approximate surface area is 77.5 Å². The van der Waals surface area contributed by atoms with Gasteiger partial charge in [0.05, 0.1) is 0 Å². The van der Waals surface area contributed by atoms with Crippen molar-refractivity contribution in [2.75, 3.05) is 13.1 Å². The van der Waals surface area contributed by atoms with Gasteiger partial charge in [-0.15, -0.1) is 0 Å². The number of hydrogen-bond donors (Lipinski definition) is 1. The van der Waals surface area contributed by atoms with Gasteiger partial charge in [-0.1, -0.05) is 40.5 Å². The third kappa shape index (κ3) is 12.6. The Morgan fingerprint density at radius 2 is 1.25 bits per heavy atom. The van der Waals surface area contributed by atoms with Gasteiger partial charge in [-0.3, -0.25) is 0 Å². The Hall–Kier alpha value is -0.0800. The summed E-state index contributed by atoms with van der Waals surface area (Å²) in [4.78, 5) is 0. The minimum atomic E-state index is 0.830. The zero-order chi connectivity index (χ0) is 9.82. The molecule has 0 spiro atoms. The molecule has 0 radical (unpaired) electrons. The van der Waals surface area contributed by atoms with Crippen molar-refractivity contribution in [3.63, 3.8) is 0 Å². The first-order valence-electron chi connectivity index (χ1n) is 5.25. The lowest BCUT2D eigenvalue weighted by Crippen LogP contribution is -2.21. The Kier molecular flexibility index (Phi) is 16.3. The SMILES string of the molecule is CC.CCCCN(O)CCCC. The van der Waals surface area contributed by atoms with Crippen molar-refractivity contribution in [1.29, 1.82) is 0 Å². The highest BCUT2D eigenvalue weighted by Crippen LogP contribution is 1.94. The van der Waals surface area contributed by atoms with E-state index in [1.807, 2.05) is 13.8 Å². The number of hydrogen-bond acceptors (Lipinski definition) is 2. The van der Waals surface area contributed by atoms with Crippen molar-refractivity contribution in [2.45, 2.75) is 53.4 Å². The molecule has 0 aromatic rings. The van der Waals surface area contributed by atoms with E-state index in [4.69, 9.17) is 5.21 Å². The minimum Gasteiger partial charge on any atom is -0.314 e. The van der Waals surface area contributed by atoms with Crippen LogP contribution in [-0.4, -0.2) is 23.4 Å². The number of hydroxylamine groups is 2. The summed E-state index contributed by atoms with van der Waals surface area (Å²) in [5.41, 5.74) is 0. The van der Waals surface area contributed by atoms with E-state index in [9.17, 15) is 0 Å². The molecule has 0 rings (SSSR count). The molecule has 0 fully saturated rings. The van der Waals surface area contributed by atoms with E-state index in [2.05, 4.69) is 13.8 Å². The van der Waals surface area contributed by atoms with Gasteiger partial charge in [0.1, 0.15) is 0 Å². The second kappa shape index (κ2) is 13.5. The van der Waals surface area contributed by atoms with Crippen LogP contribution in [-0.2, 0) is 0 Å². The van der Waals surface area contributed by atoms with Gasteiger partial charge in [0.15, 0.2) is 0 Å². The molecule has 0 atom stereocenters. The lowest BCUT2D eigenvalue weighted by atomic mass is 10.3. The summed E-state index contributed by atoms with van der Waals surface area (Å²) in [5.74, 6) is 0. The summed E-state index contributed by atoms with van der Waals surface area (Å²) in [6.07, 6.45) is 4.51. The fourth-order valence-electron chi connectivity index (χ4n) is 0.793. The van der Waals surface area contributed by atoms with Crippen molar-refractivity contribution in [3.8, 4) is 0 Å². The predicted molar refractivity (Wildman–Crippen MR) is 54.5 cm³/mol. The summed E-state index contributed by atoms with van der Waals surface area (Å²) < 4.78 is 0. The van der Waals surface area contributed by atoms with Crippen molar-refractivity contribution in [2.24, 2.45) is 0 Å². The fourth-order valence-corrected chi connectivity index (χ4v) is 0.793. The van der Waals surface area contributed by atoms with E-state index in [1.54, 1.807) is 0 Å². The molecule has 0 aliphatic heterocycles. The average molecular weight is 175 g/mol. The van der Waals surface area contributed by atoms with Gasteiger partial charge in [-0.2, -0.15) is 5.06 Å². The van der Waals surface area contributed by atoms with Crippen molar-refractivity contribution < 1.29 is 5.21 Å². The predicted octanol–water partition coefficient (Wildman–Crippen LogP) is 3.30. The number of nitrogens with zero attached hydrogens (tertiary/aromatic N) is 1. The van der Waals surface area contributed by atoms with Gasteiger partial charge in [-0.05, 0) is 12.8 Å². The third-order valence-corrected chi connectivity index (χ3v) is 1.54. The van der Waals surface area contributed by atoms with Gasteiger partial charge in [0.25, 0.3) is 0 Å². The molecule has 0 saturated carbocycles. The lowest BCUT2D eigenvalue weighted by molar-refractivity contribution is -0.0919. The van der Waals surface area contributed by atoms with Crippen LogP contribution in [0.3, 0.4) is 0 Å². The number of unbranched alkanes of at least 4 members (excludes halogenated alkanes) is 2.